The maximum Gasteiger partial charge on any atom is 0.247 e. The number of nitrogens with one attached hydrogen (secondary N) is 1. The molecule has 6 heteroatoms. The van der Waals surface area contributed by atoms with Gasteiger partial charge in [0.1, 0.15) is 10.6 Å². The van der Waals surface area contributed by atoms with Crippen molar-refractivity contribution in [3.63, 3.8) is 0 Å². The summed E-state index contributed by atoms with van der Waals surface area (Å²) in [5.74, 6) is 0.837. The summed E-state index contributed by atoms with van der Waals surface area (Å²) in [6, 6.07) is 6.95. The molecule has 0 saturated carbocycles. The summed E-state index contributed by atoms with van der Waals surface area (Å²) >= 11 is 0. The van der Waals surface area contributed by atoms with E-state index in [2.05, 4.69) is 5.32 Å². The number of para-hydroxylation sites is 1. The molecule has 2 heterocycles. The monoisotopic (exact) mass is 296 g/mol. The normalized spacial score (nSPS) is 30.4. The Hall–Kier alpha value is -1.11. The molecule has 20 heavy (non-hydrogen) atoms. The predicted octanol–water partition coefficient (Wildman–Crippen LogP) is 1.07. The first-order valence-corrected chi connectivity index (χ1v) is 8.37. The van der Waals surface area contributed by atoms with Gasteiger partial charge in [0.25, 0.3) is 0 Å². The minimum Gasteiger partial charge on any atom is -0.495 e. The van der Waals surface area contributed by atoms with Crippen LogP contribution < -0.4 is 10.1 Å². The largest absolute Gasteiger partial charge is 0.495 e. The lowest BCUT2D eigenvalue weighted by Gasteiger charge is -2.27. The van der Waals surface area contributed by atoms with Gasteiger partial charge in [0.05, 0.1) is 7.11 Å². The molecule has 1 aromatic carbocycles. The topological polar surface area (TPSA) is 58.6 Å². The fourth-order valence-corrected chi connectivity index (χ4v) is 5.53. The lowest BCUT2D eigenvalue weighted by Crippen LogP contribution is -2.42. The number of methoxy groups -OCH3 is 1. The Bertz CT molecular complexity index is 602. The molecule has 1 aromatic rings. The van der Waals surface area contributed by atoms with E-state index in [-0.39, 0.29) is 17.0 Å². The second-order valence-corrected chi connectivity index (χ2v) is 7.37. The fourth-order valence-electron chi connectivity index (χ4n) is 3.49. The van der Waals surface area contributed by atoms with Crippen molar-refractivity contribution >= 4 is 10.0 Å². The Morgan fingerprint density at radius 3 is 2.80 bits per heavy atom. The molecule has 0 aromatic heterocycles. The van der Waals surface area contributed by atoms with Gasteiger partial charge in [-0.25, -0.2) is 8.42 Å². The summed E-state index contributed by atoms with van der Waals surface area (Å²) in [6.45, 7) is 3.64. The zero-order valence-corrected chi connectivity index (χ0v) is 12.6. The van der Waals surface area contributed by atoms with Gasteiger partial charge < -0.3 is 10.1 Å². The number of ether oxygens (including phenoxy) is 1. The Morgan fingerprint density at radius 1 is 1.30 bits per heavy atom. The van der Waals surface area contributed by atoms with Crippen molar-refractivity contribution in [2.24, 2.45) is 5.92 Å². The van der Waals surface area contributed by atoms with Gasteiger partial charge in [0.2, 0.25) is 10.0 Å². The van der Waals surface area contributed by atoms with E-state index >= 15 is 0 Å². The highest BCUT2D eigenvalue weighted by Crippen LogP contribution is 2.38. The third-order valence-corrected chi connectivity index (χ3v) is 6.41. The van der Waals surface area contributed by atoms with Crippen molar-refractivity contribution in [1.82, 2.24) is 9.62 Å². The van der Waals surface area contributed by atoms with Gasteiger partial charge in [0.15, 0.2) is 0 Å². The minimum absolute atomic E-state index is 0.0435. The fraction of sp³-hybridized carbons (Fsp3) is 0.571. The van der Waals surface area contributed by atoms with Crippen molar-refractivity contribution in [1.29, 1.82) is 0 Å². The number of hydrogen-bond donors (Lipinski definition) is 1. The van der Waals surface area contributed by atoms with Crippen LogP contribution in [0.25, 0.3) is 0 Å². The van der Waals surface area contributed by atoms with Crippen molar-refractivity contribution < 1.29 is 13.2 Å². The lowest BCUT2D eigenvalue weighted by atomic mass is 10.0. The predicted molar refractivity (Wildman–Crippen MR) is 76.2 cm³/mol. The molecule has 110 valence electrons. The number of hydrogen-bond acceptors (Lipinski definition) is 4. The summed E-state index contributed by atoms with van der Waals surface area (Å²) in [5.41, 5.74) is 0. The Labute approximate surface area is 120 Å². The standard InChI is InChI=1S/C14H20N2O3S/c1-10-7-11-8-15-9-12(11)16(10)20(17,18)14-6-4-3-5-13(14)19-2/h3-6,10-12,15H,7-9H2,1-2H3. The van der Waals surface area contributed by atoms with Gasteiger partial charge in [-0.3, -0.25) is 0 Å². The summed E-state index contributed by atoms with van der Waals surface area (Å²) in [6.07, 6.45) is 0.923. The highest BCUT2D eigenvalue weighted by molar-refractivity contribution is 7.89. The van der Waals surface area contributed by atoms with Gasteiger partial charge >= 0.3 is 0 Å². The highest BCUT2D eigenvalue weighted by atomic mass is 32.2. The number of nitrogens with zero attached hydrogens (tertiary/aromatic N) is 1. The first-order valence-electron chi connectivity index (χ1n) is 6.93. The van der Waals surface area contributed by atoms with Crippen molar-refractivity contribution in [2.75, 3.05) is 20.2 Å². The van der Waals surface area contributed by atoms with Crippen LogP contribution in [0.1, 0.15) is 13.3 Å². The van der Waals surface area contributed by atoms with Crippen molar-refractivity contribution in [2.45, 2.75) is 30.3 Å². The van der Waals surface area contributed by atoms with Gasteiger partial charge in [0, 0.05) is 18.6 Å². The van der Waals surface area contributed by atoms with E-state index in [0.29, 0.717) is 11.7 Å². The summed E-state index contributed by atoms with van der Waals surface area (Å²) in [4.78, 5) is 0.266. The van der Waals surface area contributed by atoms with Gasteiger partial charge in [-0.05, 0) is 37.9 Å². The maximum absolute atomic E-state index is 13.0. The Balaban J connectivity index is 2.03. The second kappa shape index (κ2) is 5.02. The Morgan fingerprint density at radius 2 is 2.05 bits per heavy atom. The average molecular weight is 296 g/mol. The molecule has 0 aliphatic carbocycles. The van der Waals surface area contributed by atoms with Gasteiger partial charge in [-0.2, -0.15) is 4.31 Å². The molecule has 2 saturated heterocycles. The molecular weight excluding hydrogens is 276 g/mol. The van der Waals surface area contributed by atoms with E-state index in [1.165, 1.54) is 7.11 Å². The van der Waals surface area contributed by atoms with E-state index in [9.17, 15) is 8.42 Å². The first-order chi connectivity index (χ1) is 9.55. The quantitative estimate of drug-likeness (QED) is 0.906. The lowest BCUT2D eigenvalue weighted by molar-refractivity contribution is 0.332. The summed E-state index contributed by atoms with van der Waals surface area (Å²) < 4.78 is 32.9. The van der Waals surface area contributed by atoms with E-state index < -0.39 is 10.0 Å². The van der Waals surface area contributed by atoms with Crippen LogP contribution in [0.3, 0.4) is 0 Å². The minimum atomic E-state index is -3.52. The van der Waals surface area contributed by atoms with Crippen molar-refractivity contribution in [3.05, 3.63) is 24.3 Å². The number of rotatable bonds is 3. The molecule has 2 aliphatic heterocycles. The average Bonchev–Trinajstić information content (AvgIpc) is 2.97. The summed E-state index contributed by atoms with van der Waals surface area (Å²) in [7, 11) is -2.01. The molecule has 2 aliphatic rings. The third-order valence-electron chi connectivity index (χ3n) is 4.33. The molecule has 3 atom stereocenters. The van der Waals surface area contributed by atoms with Crippen LogP contribution in [-0.4, -0.2) is 45.0 Å². The van der Waals surface area contributed by atoms with Crippen LogP contribution in [0, 0.1) is 5.92 Å². The van der Waals surface area contributed by atoms with Gasteiger partial charge in [-0.1, -0.05) is 12.1 Å². The van der Waals surface area contributed by atoms with Crippen LogP contribution in [0.15, 0.2) is 29.2 Å². The van der Waals surface area contributed by atoms with Crippen LogP contribution in [-0.2, 0) is 10.0 Å². The van der Waals surface area contributed by atoms with E-state index in [1.807, 2.05) is 6.92 Å². The number of sulfonamides is 1. The molecule has 1 N–H and O–H groups in total. The highest BCUT2D eigenvalue weighted by Gasteiger charge is 2.48. The maximum atomic E-state index is 13.0. The van der Waals surface area contributed by atoms with E-state index in [4.69, 9.17) is 4.74 Å². The van der Waals surface area contributed by atoms with E-state index in [0.717, 1.165) is 19.5 Å². The zero-order chi connectivity index (χ0) is 14.3. The van der Waals surface area contributed by atoms with Crippen LogP contribution in [0.4, 0.5) is 0 Å². The molecule has 0 amide bonds. The summed E-state index contributed by atoms with van der Waals surface area (Å²) in [5, 5.41) is 3.29. The van der Waals surface area contributed by atoms with Gasteiger partial charge in [-0.15, -0.1) is 0 Å². The molecule has 0 bridgehead atoms. The molecule has 3 rings (SSSR count). The Kier molecular flexibility index (Phi) is 3.48. The molecule has 0 spiro atoms. The third kappa shape index (κ3) is 2.03. The second-order valence-electron chi connectivity index (χ2n) is 5.56. The molecule has 2 fully saturated rings. The molecule has 0 radical (unpaired) electrons. The zero-order valence-electron chi connectivity index (χ0n) is 11.7. The number of benzene rings is 1. The van der Waals surface area contributed by atoms with Crippen LogP contribution >= 0.6 is 0 Å². The number of fused-ring (bicyclic) bond motifs is 1. The van der Waals surface area contributed by atoms with E-state index in [1.54, 1.807) is 28.6 Å². The molecular formula is C14H20N2O3S. The molecule has 5 nitrogen and oxygen atoms in total. The molecule has 3 unspecified atom stereocenters. The van der Waals surface area contributed by atoms with Crippen molar-refractivity contribution in [3.8, 4) is 5.75 Å². The SMILES string of the molecule is COc1ccccc1S(=O)(=O)N1C(C)CC2CNCC21. The first kappa shape index (κ1) is 13.9. The van der Waals surface area contributed by atoms with Crippen LogP contribution in [0.2, 0.25) is 0 Å². The van der Waals surface area contributed by atoms with Crippen LogP contribution in [0.5, 0.6) is 5.75 Å². The smallest absolute Gasteiger partial charge is 0.247 e.